The van der Waals surface area contributed by atoms with Crippen LogP contribution in [0.5, 0.6) is 0 Å². The van der Waals surface area contributed by atoms with E-state index >= 15 is 0 Å². The van der Waals surface area contributed by atoms with Crippen LogP contribution in [-0.4, -0.2) is 23.3 Å². The van der Waals surface area contributed by atoms with E-state index in [0.717, 1.165) is 0 Å². The Balaban J connectivity index is 0. The molecular formula is C11H21NO4. The Morgan fingerprint density at radius 3 is 1.81 bits per heavy atom. The van der Waals surface area contributed by atoms with Crippen molar-refractivity contribution in [1.82, 2.24) is 0 Å². The molecule has 94 valence electrons. The number of allylic oxidation sites excluding steroid dienone is 1. The highest BCUT2D eigenvalue weighted by Crippen LogP contribution is 2.10. The highest BCUT2D eigenvalue weighted by atomic mass is 16.6. The lowest BCUT2D eigenvalue weighted by atomic mass is 9.97. The topological polar surface area (TPSA) is 89.6 Å². The number of carboxylic acid groups (broad SMARTS) is 1. The number of rotatable bonds is 4. The van der Waals surface area contributed by atoms with Crippen molar-refractivity contribution < 1.29 is 19.4 Å². The second-order valence-corrected chi connectivity index (χ2v) is 3.71. The first kappa shape index (κ1) is 16.9. The third-order valence-corrected chi connectivity index (χ3v) is 1.90. The number of ether oxygens (including phenoxy) is 1. The number of carboxylic acids is 1. The highest BCUT2D eigenvalue weighted by molar-refractivity contribution is 5.70. The van der Waals surface area contributed by atoms with E-state index in [4.69, 9.17) is 5.11 Å². The molecule has 0 spiro atoms. The molecule has 0 aliphatic rings. The van der Waals surface area contributed by atoms with Gasteiger partial charge in [-0.05, 0) is 19.8 Å². The standard InChI is InChI=1S/C7H12O2.C4H9NO2/c1-4-5(2)6(3)7(8)9;1-3(2)7-4(5)6/h4-6H,1H2,2-3H3,(H,8,9);3H,1-2H3,(H2,5,6). The minimum Gasteiger partial charge on any atom is -0.481 e. The number of aliphatic carboxylic acids is 1. The van der Waals surface area contributed by atoms with Crippen LogP contribution in [0.4, 0.5) is 4.79 Å². The summed E-state index contributed by atoms with van der Waals surface area (Å²) in [6.07, 6.45) is 0.839. The Morgan fingerprint density at radius 2 is 1.75 bits per heavy atom. The molecule has 0 heterocycles. The number of hydrogen-bond donors (Lipinski definition) is 2. The maximum atomic E-state index is 10.3. The van der Waals surface area contributed by atoms with Crippen LogP contribution in [0.3, 0.4) is 0 Å². The number of nitrogens with two attached hydrogens (primary N) is 1. The minimum atomic E-state index is -0.762. The third kappa shape index (κ3) is 10.6. The van der Waals surface area contributed by atoms with Gasteiger partial charge in [-0.3, -0.25) is 4.79 Å². The Bertz CT molecular complexity index is 238. The maximum absolute atomic E-state index is 10.3. The molecule has 2 unspecified atom stereocenters. The summed E-state index contributed by atoms with van der Waals surface area (Å²) in [6, 6.07) is 0. The second kappa shape index (κ2) is 8.76. The lowest BCUT2D eigenvalue weighted by Crippen LogP contribution is -2.17. The predicted molar refractivity (Wildman–Crippen MR) is 62.0 cm³/mol. The van der Waals surface area contributed by atoms with E-state index < -0.39 is 12.1 Å². The summed E-state index contributed by atoms with van der Waals surface area (Å²) in [5.41, 5.74) is 4.63. The van der Waals surface area contributed by atoms with Crippen LogP contribution < -0.4 is 5.73 Å². The third-order valence-electron chi connectivity index (χ3n) is 1.90. The van der Waals surface area contributed by atoms with Crippen molar-refractivity contribution in [3.8, 4) is 0 Å². The molecule has 0 aromatic heterocycles. The first-order valence-electron chi connectivity index (χ1n) is 5.03. The first-order chi connectivity index (χ1) is 7.22. The molecule has 5 nitrogen and oxygen atoms in total. The van der Waals surface area contributed by atoms with Gasteiger partial charge in [0.1, 0.15) is 0 Å². The number of primary amides is 1. The van der Waals surface area contributed by atoms with Crippen molar-refractivity contribution in [2.24, 2.45) is 17.6 Å². The summed E-state index contributed by atoms with van der Waals surface area (Å²) < 4.78 is 4.39. The monoisotopic (exact) mass is 231 g/mol. The molecule has 0 rings (SSSR count). The van der Waals surface area contributed by atoms with Crippen LogP contribution in [0.2, 0.25) is 0 Å². The van der Waals surface area contributed by atoms with Gasteiger partial charge in [-0.2, -0.15) is 0 Å². The number of amides is 1. The van der Waals surface area contributed by atoms with Gasteiger partial charge in [-0.1, -0.05) is 19.9 Å². The molecule has 0 saturated heterocycles. The van der Waals surface area contributed by atoms with Crippen molar-refractivity contribution in [1.29, 1.82) is 0 Å². The molecule has 0 aromatic carbocycles. The van der Waals surface area contributed by atoms with Gasteiger partial charge in [0.05, 0.1) is 12.0 Å². The first-order valence-corrected chi connectivity index (χ1v) is 5.03. The van der Waals surface area contributed by atoms with E-state index in [1.807, 2.05) is 6.92 Å². The summed E-state index contributed by atoms with van der Waals surface area (Å²) in [4.78, 5) is 20.1. The van der Waals surface area contributed by atoms with Crippen molar-refractivity contribution in [2.45, 2.75) is 33.8 Å². The smallest absolute Gasteiger partial charge is 0.404 e. The van der Waals surface area contributed by atoms with E-state index in [1.54, 1.807) is 26.8 Å². The fourth-order valence-corrected chi connectivity index (χ4v) is 0.661. The Morgan fingerprint density at radius 1 is 1.31 bits per heavy atom. The van der Waals surface area contributed by atoms with Crippen LogP contribution in [0.1, 0.15) is 27.7 Å². The molecule has 0 aliphatic heterocycles. The molecule has 0 radical (unpaired) electrons. The zero-order valence-corrected chi connectivity index (χ0v) is 10.3. The van der Waals surface area contributed by atoms with E-state index in [9.17, 15) is 9.59 Å². The summed E-state index contributed by atoms with van der Waals surface area (Å²) in [5, 5.41) is 8.44. The van der Waals surface area contributed by atoms with E-state index in [2.05, 4.69) is 17.0 Å². The Labute approximate surface area is 96.3 Å². The predicted octanol–water partition coefficient (Wildman–Crippen LogP) is 2.02. The molecule has 0 bridgehead atoms. The lowest BCUT2D eigenvalue weighted by Gasteiger charge is -2.09. The molecule has 0 fully saturated rings. The SMILES string of the molecule is C=CC(C)C(C)C(=O)O.CC(C)OC(N)=O. The average molecular weight is 231 g/mol. The summed E-state index contributed by atoms with van der Waals surface area (Å²) in [6.45, 7) is 10.5. The fourth-order valence-electron chi connectivity index (χ4n) is 0.661. The van der Waals surface area contributed by atoms with Gasteiger partial charge in [0.2, 0.25) is 0 Å². The van der Waals surface area contributed by atoms with Gasteiger partial charge < -0.3 is 15.6 Å². The van der Waals surface area contributed by atoms with Gasteiger partial charge in [0.25, 0.3) is 0 Å². The van der Waals surface area contributed by atoms with Crippen LogP contribution in [0.25, 0.3) is 0 Å². The van der Waals surface area contributed by atoms with Crippen molar-refractivity contribution in [3.05, 3.63) is 12.7 Å². The number of carbonyl (C=O) groups is 2. The van der Waals surface area contributed by atoms with Crippen molar-refractivity contribution in [2.75, 3.05) is 0 Å². The lowest BCUT2D eigenvalue weighted by molar-refractivity contribution is -0.142. The molecule has 0 aromatic rings. The van der Waals surface area contributed by atoms with Crippen LogP contribution in [0.15, 0.2) is 12.7 Å². The molecule has 0 aliphatic carbocycles. The van der Waals surface area contributed by atoms with Gasteiger partial charge >= 0.3 is 12.1 Å². The fraction of sp³-hybridized carbons (Fsp3) is 0.636. The normalized spacial score (nSPS) is 13.1. The van der Waals surface area contributed by atoms with Crippen LogP contribution in [-0.2, 0) is 9.53 Å². The zero-order chi connectivity index (χ0) is 13.3. The summed E-state index contributed by atoms with van der Waals surface area (Å²) >= 11 is 0. The van der Waals surface area contributed by atoms with Crippen molar-refractivity contribution >= 4 is 12.1 Å². The molecule has 5 heteroatoms. The van der Waals surface area contributed by atoms with E-state index in [0.29, 0.717) is 0 Å². The maximum Gasteiger partial charge on any atom is 0.404 e. The molecule has 3 N–H and O–H groups in total. The molecule has 2 atom stereocenters. The highest BCUT2D eigenvalue weighted by Gasteiger charge is 2.15. The quantitative estimate of drug-likeness (QED) is 0.724. The van der Waals surface area contributed by atoms with Gasteiger partial charge in [0.15, 0.2) is 0 Å². The molecule has 1 amide bonds. The van der Waals surface area contributed by atoms with Gasteiger partial charge in [-0.15, -0.1) is 6.58 Å². The molecular weight excluding hydrogens is 210 g/mol. The Hall–Kier alpha value is -1.52. The average Bonchev–Trinajstić information content (AvgIpc) is 2.14. The summed E-state index contributed by atoms with van der Waals surface area (Å²) in [5.74, 6) is -1.02. The largest absolute Gasteiger partial charge is 0.481 e. The number of hydrogen-bond acceptors (Lipinski definition) is 3. The van der Waals surface area contributed by atoms with E-state index in [-0.39, 0.29) is 17.9 Å². The molecule has 16 heavy (non-hydrogen) atoms. The number of carbonyl (C=O) groups excluding carboxylic acids is 1. The van der Waals surface area contributed by atoms with Crippen LogP contribution in [0, 0.1) is 11.8 Å². The second-order valence-electron chi connectivity index (χ2n) is 3.71. The van der Waals surface area contributed by atoms with Gasteiger partial charge in [-0.25, -0.2) is 4.79 Å². The van der Waals surface area contributed by atoms with E-state index in [1.165, 1.54) is 0 Å². The Kier molecular flexibility index (Phi) is 9.25. The molecule has 0 saturated carbocycles. The van der Waals surface area contributed by atoms with Gasteiger partial charge in [0, 0.05) is 0 Å². The minimum absolute atomic E-state index is 0.0579. The zero-order valence-electron chi connectivity index (χ0n) is 10.3. The van der Waals surface area contributed by atoms with Crippen LogP contribution >= 0.6 is 0 Å². The summed E-state index contributed by atoms with van der Waals surface area (Å²) in [7, 11) is 0. The van der Waals surface area contributed by atoms with Crippen molar-refractivity contribution in [3.63, 3.8) is 0 Å².